The predicted molar refractivity (Wildman–Crippen MR) is 62.3 cm³/mol. The minimum absolute atomic E-state index is 0.156. The molecule has 1 aromatic carbocycles. The molecule has 0 saturated heterocycles. The Morgan fingerprint density at radius 2 is 2.00 bits per heavy atom. The van der Waals surface area contributed by atoms with Crippen molar-refractivity contribution in [1.82, 2.24) is 5.32 Å². The second-order valence-electron chi connectivity index (χ2n) is 3.69. The van der Waals surface area contributed by atoms with Gasteiger partial charge < -0.3 is 14.8 Å². The van der Waals surface area contributed by atoms with Crippen LogP contribution >= 0.6 is 0 Å². The third-order valence-electron chi connectivity index (χ3n) is 2.10. The third kappa shape index (κ3) is 5.48. The van der Waals surface area contributed by atoms with E-state index in [-0.39, 0.29) is 11.3 Å². The fraction of sp³-hybridized carbons (Fsp3) is 0.333. The van der Waals surface area contributed by atoms with Gasteiger partial charge in [-0.3, -0.25) is 4.79 Å². The Bertz CT molecular complexity index is 524. The Morgan fingerprint density at radius 3 is 2.55 bits per heavy atom. The Kier molecular flexibility index (Phi) is 5.20. The summed E-state index contributed by atoms with van der Waals surface area (Å²) in [5, 5.41) is 10.4. The molecule has 0 saturated carbocycles. The van der Waals surface area contributed by atoms with Crippen LogP contribution in [0.15, 0.2) is 18.2 Å². The maximum absolute atomic E-state index is 11.9. The molecule has 0 bridgehead atoms. The highest BCUT2D eigenvalue weighted by molar-refractivity contribution is 5.77. The van der Waals surface area contributed by atoms with E-state index >= 15 is 0 Å². The molecule has 0 spiro atoms. The number of hydrogen-bond acceptors (Lipinski definition) is 4. The summed E-state index contributed by atoms with van der Waals surface area (Å²) in [7, 11) is 1.39. The second kappa shape index (κ2) is 6.65. The van der Waals surface area contributed by atoms with Crippen LogP contribution < -0.4 is 14.8 Å². The van der Waals surface area contributed by atoms with Crippen LogP contribution in [0.1, 0.15) is 5.56 Å². The maximum Gasteiger partial charge on any atom is 0.405 e. The van der Waals surface area contributed by atoms with Crippen molar-refractivity contribution in [1.29, 1.82) is 5.26 Å². The first-order valence-corrected chi connectivity index (χ1v) is 5.39. The Morgan fingerprint density at radius 1 is 1.35 bits per heavy atom. The molecule has 108 valence electrons. The molecule has 8 heteroatoms. The predicted octanol–water partition coefficient (Wildman–Crippen LogP) is 1.62. The summed E-state index contributed by atoms with van der Waals surface area (Å²) < 4.78 is 45.5. The summed E-state index contributed by atoms with van der Waals surface area (Å²) in [5.41, 5.74) is 0.245. The first kappa shape index (κ1) is 15.6. The van der Waals surface area contributed by atoms with Crippen molar-refractivity contribution in [2.24, 2.45) is 0 Å². The van der Waals surface area contributed by atoms with E-state index in [0.29, 0.717) is 5.75 Å². The lowest BCUT2D eigenvalue weighted by molar-refractivity contribution is -0.139. The van der Waals surface area contributed by atoms with Crippen molar-refractivity contribution in [3.63, 3.8) is 0 Å². The first-order chi connectivity index (χ1) is 9.34. The zero-order valence-corrected chi connectivity index (χ0v) is 10.5. The highest BCUT2D eigenvalue weighted by Crippen LogP contribution is 2.22. The van der Waals surface area contributed by atoms with Crippen LogP contribution in [0, 0.1) is 11.3 Å². The van der Waals surface area contributed by atoms with Crippen LogP contribution in [-0.2, 0) is 4.79 Å². The van der Waals surface area contributed by atoms with E-state index in [1.54, 1.807) is 5.32 Å². The standard InChI is InChI=1S/C12H11F3N2O3/c1-19-9-2-8(5-16)3-10(4-9)20-6-11(18)17-7-12(13,14)15/h2-4H,6-7H2,1H3,(H,17,18). The molecule has 1 rings (SSSR count). The van der Waals surface area contributed by atoms with Gasteiger partial charge >= 0.3 is 6.18 Å². The normalized spacial score (nSPS) is 10.6. The minimum atomic E-state index is -4.47. The van der Waals surface area contributed by atoms with Crippen LogP contribution in [0.2, 0.25) is 0 Å². The molecule has 20 heavy (non-hydrogen) atoms. The second-order valence-corrected chi connectivity index (χ2v) is 3.69. The topological polar surface area (TPSA) is 71.3 Å². The molecular formula is C12H11F3N2O3. The van der Waals surface area contributed by atoms with Gasteiger partial charge in [-0.15, -0.1) is 0 Å². The molecule has 0 atom stereocenters. The van der Waals surface area contributed by atoms with Crippen LogP contribution in [0.25, 0.3) is 0 Å². The van der Waals surface area contributed by atoms with Crippen LogP contribution in [0.4, 0.5) is 13.2 Å². The Hall–Kier alpha value is -2.43. The number of nitrogens with zero attached hydrogens (tertiary/aromatic N) is 1. The number of nitrogens with one attached hydrogen (secondary N) is 1. The number of alkyl halides is 3. The molecule has 0 aliphatic carbocycles. The van der Waals surface area contributed by atoms with E-state index in [9.17, 15) is 18.0 Å². The largest absolute Gasteiger partial charge is 0.497 e. The Balaban J connectivity index is 2.57. The molecule has 0 aromatic heterocycles. The Labute approximate surface area is 112 Å². The van der Waals surface area contributed by atoms with Crippen molar-refractivity contribution in [2.75, 3.05) is 20.3 Å². The van der Waals surface area contributed by atoms with E-state index < -0.39 is 25.2 Å². The lowest BCUT2D eigenvalue weighted by Crippen LogP contribution is -2.36. The number of benzene rings is 1. The minimum Gasteiger partial charge on any atom is -0.497 e. The van der Waals surface area contributed by atoms with Gasteiger partial charge in [-0.1, -0.05) is 0 Å². The molecule has 1 amide bonds. The maximum atomic E-state index is 11.9. The highest BCUT2D eigenvalue weighted by atomic mass is 19.4. The van der Waals surface area contributed by atoms with Gasteiger partial charge in [0.25, 0.3) is 5.91 Å². The summed E-state index contributed by atoms with van der Waals surface area (Å²) >= 11 is 0. The fourth-order valence-electron chi connectivity index (χ4n) is 1.24. The third-order valence-corrected chi connectivity index (χ3v) is 2.10. The molecule has 0 fully saturated rings. The molecule has 0 radical (unpaired) electrons. The zero-order chi connectivity index (χ0) is 15.2. The van der Waals surface area contributed by atoms with Crippen LogP contribution in [-0.4, -0.2) is 32.3 Å². The number of halogens is 3. The van der Waals surface area contributed by atoms with Crippen molar-refractivity contribution in [3.8, 4) is 17.6 Å². The molecule has 0 aliphatic heterocycles. The lowest BCUT2D eigenvalue weighted by Gasteiger charge is -2.10. The smallest absolute Gasteiger partial charge is 0.405 e. The number of amides is 1. The molecule has 5 nitrogen and oxygen atoms in total. The van der Waals surface area contributed by atoms with Gasteiger partial charge in [0, 0.05) is 6.07 Å². The van der Waals surface area contributed by atoms with Gasteiger partial charge in [0.05, 0.1) is 18.7 Å². The molecule has 0 aliphatic rings. The molecule has 0 unspecified atom stereocenters. The lowest BCUT2D eigenvalue weighted by atomic mass is 10.2. The van der Waals surface area contributed by atoms with E-state index in [1.165, 1.54) is 25.3 Å². The number of carbonyl (C=O) groups is 1. The average molecular weight is 288 g/mol. The van der Waals surface area contributed by atoms with E-state index in [2.05, 4.69) is 0 Å². The van der Waals surface area contributed by atoms with E-state index in [0.717, 1.165) is 0 Å². The van der Waals surface area contributed by atoms with Crippen molar-refractivity contribution >= 4 is 5.91 Å². The van der Waals surface area contributed by atoms with E-state index in [4.69, 9.17) is 14.7 Å². The number of ether oxygens (including phenoxy) is 2. The molecule has 1 N–H and O–H groups in total. The number of methoxy groups -OCH3 is 1. The number of rotatable bonds is 5. The van der Waals surface area contributed by atoms with Crippen molar-refractivity contribution in [3.05, 3.63) is 23.8 Å². The van der Waals surface area contributed by atoms with Gasteiger partial charge in [0.2, 0.25) is 0 Å². The summed E-state index contributed by atoms with van der Waals surface area (Å²) in [6.45, 7) is -2.01. The van der Waals surface area contributed by atoms with Crippen molar-refractivity contribution in [2.45, 2.75) is 6.18 Å². The number of nitriles is 1. The van der Waals surface area contributed by atoms with E-state index in [1.807, 2.05) is 6.07 Å². The summed E-state index contributed by atoms with van der Waals surface area (Å²) in [6.07, 6.45) is -4.47. The molecule has 0 heterocycles. The zero-order valence-electron chi connectivity index (χ0n) is 10.5. The molecule has 1 aromatic rings. The number of hydrogen-bond donors (Lipinski definition) is 1. The van der Waals surface area contributed by atoms with Gasteiger partial charge in [-0.2, -0.15) is 18.4 Å². The van der Waals surface area contributed by atoms with Gasteiger partial charge in [0.1, 0.15) is 18.0 Å². The highest BCUT2D eigenvalue weighted by Gasteiger charge is 2.27. The monoisotopic (exact) mass is 288 g/mol. The van der Waals surface area contributed by atoms with Gasteiger partial charge in [-0.25, -0.2) is 0 Å². The first-order valence-electron chi connectivity index (χ1n) is 5.39. The molecular weight excluding hydrogens is 277 g/mol. The summed E-state index contributed by atoms with van der Waals surface area (Å²) in [5.74, 6) is -0.415. The number of carbonyl (C=O) groups excluding carboxylic acids is 1. The van der Waals surface area contributed by atoms with Crippen molar-refractivity contribution < 1.29 is 27.4 Å². The quantitative estimate of drug-likeness (QED) is 0.893. The van der Waals surface area contributed by atoms with Crippen LogP contribution in [0.3, 0.4) is 0 Å². The summed E-state index contributed by atoms with van der Waals surface area (Å²) in [6, 6.07) is 6.08. The SMILES string of the molecule is COc1cc(C#N)cc(OCC(=O)NCC(F)(F)F)c1. The average Bonchev–Trinajstić information content (AvgIpc) is 2.41. The van der Waals surface area contributed by atoms with Gasteiger partial charge in [-0.05, 0) is 12.1 Å². The van der Waals surface area contributed by atoms with Gasteiger partial charge in [0.15, 0.2) is 6.61 Å². The summed E-state index contributed by atoms with van der Waals surface area (Å²) in [4.78, 5) is 11.1. The van der Waals surface area contributed by atoms with Crippen LogP contribution in [0.5, 0.6) is 11.5 Å². The fourth-order valence-corrected chi connectivity index (χ4v) is 1.24.